The summed E-state index contributed by atoms with van der Waals surface area (Å²) in [5, 5.41) is 8.75. The maximum absolute atomic E-state index is 6.38. The molecule has 46 heavy (non-hydrogen) atoms. The third-order valence-corrected chi connectivity index (χ3v) is 8.89. The smallest absolute Gasteiger partial charge is 0.164 e. The van der Waals surface area contributed by atoms with Gasteiger partial charge in [-0.05, 0) is 64.0 Å². The van der Waals surface area contributed by atoms with E-state index in [0.29, 0.717) is 17.5 Å². The van der Waals surface area contributed by atoms with Gasteiger partial charge in [0.2, 0.25) is 0 Å². The summed E-state index contributed by atoms with van der Waals surface area (Å²) in [5.41, 5.74) is 6.04. The van der Waals surface area contributed by atoms with Gasteiger partial charge in [-0.25, -0.2) is 15.0 Å². The maximum atomic E-state index is 6.38. The number of para-hydroxylation sites is 1. The summed E-state index contributed by atoms with van der Waals surface area (Å²) in [7, 11) is 0. The molecule has 10 aromatic rings. The van der Waals surface area contributed by atoms with Crippen LogP contribution in [0.25, 0.3) is 99.6 Å². The van der Waals surface area contributed by atoms with Crippen molar-refractivity contribution < 1.29 is 8.83 Å². The number of rotatable bonds is 3. The quantitative estimate of drug-likeness (QED) is 0.205. The molecule has 5 nitrogen and oxygen atoms in total. The number of benzene rings is 7. The highest BCUT2D eigenvalue weighted by molar-refractivity contribution is 6.21. The van der Waals surface area contributed by atoms with E-state index in [4.69, 9.17) is 23.8 Å². The minimum atomic E-state index is 0.588. The highest BCUT2D eigenvalue weighted by Crippen LogP contribution is 2.40. The molecule has 7 aromatic carbocycles. The van der Waals surface area contributed by atoms with E-state index in [1.54, 1.807) is 0 Å². The van der Waals surface area contributed by atoms with Crippen molar-refractivity contribution in [3.8, 4) is 34.2 Å². The van der Waals surface area contributed by atoms with Crippen LogP contribution in [-0.4, -0.2) is 15.0 Å². The predicted octanol–water partition coefficient (Wildman–Crippen LogP) is 11.0. The highest BCUT2D eigenvalue weighted by Gasteiger charge is 2.19. The Kier molecular flexibility index (Phi) is 5.22. The zero-order chi connectivity index (χ0) is 30.2. The number of aromatic nitrogens is 3. The molecule has 3 heterocycles. The lowest BCUT2D eigenvalue weighted by Gasteiger charge is -2.11. The van der Waals surface area contributed by atoms with Crippen molar-refractivity contribution in [2.24, 2.45) is 0 Å². The van der Waals surface area contributed by atoms with Crippen molar-refractivity contribution in [1.29, 1.82) is 0 Å². The summed E-state index contributed by atoms with van der Waals surface area (Å²) >= 11 is 0. The number of hydrogen-bond acceptors (Lipinski definition) is 5. The van der Waals surface area contributed by atoms with Gasteiger partial charge in [0, 0.05) is 38.2 Å². The van der Waals surface area contributed by atoms with Gasteiger partial charge in [0.05, 0.1) is 0 Å². The van der Waals surface area contributed by atoms with Crippen LogP contribution in [-0.2, 0) is 0 Å². The van der Waals surface area contributed by atoms with E-state index in [1.165, 1.54) is 5.39 Å². The van der Waals surface area contributed by atoms with Gasteiger partial charge >= 0.3 is 0 Å². The van der Waals surface area contributed by atoms with Crippen molar-refractivity contribution >= 4 is 65.4 Å². The molecule has 0 aliphatic heterocycles. The number of nitrogens with zero attached hydrogens (tertiary/aromatic N) is 3. The lowest BCUT2D eigenvalue weighted by atomic mass is 9.98. The first kappa shape index (κ1) is 25.0. The molecule has 0 amide bonds. The Labute approximate surface area is 262 Å². The van der Waals surface area contributed by atoms with E-state index in [9.17, 15) is 0 Å². The summed E-state index contributed by atoms with van der Waals surface area (Å²) in [6, 6.07) is 47.5. The summed E-state index contributed by atoms with van der Waals surface area (Å²) < 4.78 is 12.7. The van der Waals surface area contributed by atoms with Crippen LogP contribution in [0.15, 0.2) is 148 Å². The SMILES string of the molecule is c1ccc(-c2nc(-c3ccc4oc5cc6ccccc6cc5c4c3)nc(-c3cc4oc5ccccc5c4c4ccccc34)n2)cc1. The summed E-state index contributed by atoms with van der Waals surface area (Å²) in [4.78, 5) is 15.2. The fraction of sp³-hybridized carbons (Fsp3) is 0. The Bertz CT molecular complexity index is 2810. The van der Waals surface area contributed by atoms with Gasteiger partial charge in [0.1, 0.15) is 22.3 Å². The largest absolute Gasteiger partial charge is 0.456 e. The van der Waals surface area contributed by atoms with Crippen molar-refractivity contribution in [3.05, 3.63) is 140 Å². The van der Waals surface area contributed by atoms with Crippen LogP contribution in [0, 0.1) is 0 Å². The molecule has 0 saturated heterocycles. The second-order valence-corrected chi connectivity index (χ2v) is 11.6. The Morgan fingerprint density at radius 3 is 1.80 bits per heavy atom. The zero-order valence-corrected chi connectivity index (χ0v) is 24.4. The van der Waals surface area contributed by atoms with Gasteiger partial charge in [-0.1, -0.05) is 97.1 Å². The summed E-state index contributed by atoms with van der Waals surface area (Å²) in [6.45, 7) is 0. The van der Waals surface area contributed by atoms with Gasteiger partial charge < -0.3 is 8.83 Å². The second-order valence-electron chi connectivity index (χ2n) is 11.6. The van der Waals surface area contributed by atoms with Gasteiger partial charge in [-0.2, -0.15) is 0 Å². The van der Waals surface area contributed by atoms with Crippen LogP contribution < -0.4 is 0 Å². The van der Waals surface area contributed by atoms with E-state index in [1.807, 2.05) is 66.7 Å². The average molecular weight is 590 g/mol. The Balaban J connectivity index is 1.24. The van der Waals surface area contributed by atoms with Gasteiger partial charge in [-0.15, -0.1) is 0 Å². The van der Waals surface area contributed by atoms with Crippen LogP contribution in [0.3, 0.4) is 0 Å². The van der Waals surface area contributed by atoms with Crippen molar-refractivity contribution in [2.45, 2.75) is 0 Å². The number of furan rings is 2. The molecule has 0 aliphatic rings. The molecule has 0 atom stereocenters. The first-order valence-corrected chi connectivity index (χ1v) is 15.3. The standard InChI is InChI=1S/C41H23N3O2/c1-2-10-24(11-3-1)39-42-40(27-18-19-35-31(21-27)32-20-25-12-4-5-13-26(25)22-36(32)45-35)44-41(43-39)33-23-37-38(29-15-7-6-14-28(29)33)30-16-8-9-17-34(30)46-37/h1-23H. The summed E-state index contributed by atoms with van der Waals surface area (Å²) in [6.07, 6.45) is 0. The number of hydrogen-bond donors (Lipinski definition) is 0. The van der Waals surface area contributed by atoms with Crippen LogP contribution >= 0.6 is 0 Å². The van der Waals surface area contributed by atoms with Gasteiger partial charge in [0.15, 0.2) is 17.5 Å². The molecule has 0 N–H and O–H groups in total. The predicted molar refractivity (Wildman–Crippen MR) is 186 cm³/mol. The monoisotopic (exact) mass is 589 g/mol. The first-order chi connectivity index (χ1) is 22.8. The van der Waals surface area contributed by atoms with Crippen LogP contribution in [0.1, 0.15) is 0 Å². The van der Waals surface area contributed by atoms with E-state index in [-0.39, 0.29) is 0 Å². The Hall–Kier alpha value is -6.33. The molecular weight excluding hydrogens is 566 g/mol. The Morgan fingerprint density at radius 2 is 0.957 bits per heavy atom. The minimum Gasteiger partial charge on any atom is -0.456 e. The first-order valence-electron chi connectivity index (χ1n) is 15.3. The molecule has 10 rings (SSSR count). The third-order valence-electron chi connectivity index (χ3n) is 8.89. The molecule has 0 radical (unpaired) electrons. The molecule has 0 saturated carbocycles. The molecular formula is C41H23N3O2. The topological polar surface area (TPSA) is 65.0 Å². The maximum Gasteiger partial charge on any atom is 0.164 e. The lowest BCUT2D eigenvalue weighted by Crippen LogP contribution is -2.00. The minimum absolute atomic E-state index is 0.588. The van der Waals surface area contributed by atoms with E-state index >= 15 is 0 Å². The Morgan fingerprint density at radius 1 is 0.348 bits per heavy atom. The molecule has 0 unspecified atom stereocenters. The molecule has 214 valence electrons. The highest BCUT2D eigenvalue weighted by atomic mass is 16.3. The molecule has 5 heteroatoms. The fourth-order valence-corrected chi connectivity index (χ4v) is 6.72. The molecule has 0 spiro atoms. The van der Waals surface area contributed by atoms with Crippen molar-refractivity contribution in [3.63, 3.8) is 0 Å². The van der Waals surface area contributed by atoms with Crippen LogP contribution in [0.2, 0.25) is 0 Å². The van der Waals surface area contributed by atoms with Crippen molar-refractivity contribution in [1.82, 2.24) is 15.0 Å². The van der Waals surface area contributed by atoms with E-state index < -0.39 is 0 Å². The molecule has 0 fully saturated rings. The van der Waals surface area contributed by atoms with E-state index in [0.717, 1.165) is 76.7 Å². The normalized spacial score (nSPS) is 11.9. The van der Waals surface area contributed by atoms with Gasteiger partial charge in [0.25, 0.3) is 0 Å². The lowest BCUT2D eigenvalue weighted by molar-refractivity contribution is 0.669. The number of fused-ring (bicyclic) bond motifs is 9. The molecule has 0 bridgehead atoms. The fourth-order valence-electron chi connectivity index (χ4n) is 6.72. The zero-order valence-electron chi connectivity index (χ0n) is 24.4. The van der Waals surface area contributed by atoms with Crippen LogP contribution in [0.4, 0.5) is 0 Å². The summed E-state index contributed by atoms with van der Waals surface area (Å²) in [5.74, 6) is 1.79. The second kappa shape index (κ2) is 9.58. The average Bonchev–Trinajstić information content (AvgIpc) is 3.68. The van der Waals surface area contributed by atoms with E-state index in [2.05, 4.69) is 72.8 Å². The van der Waals surface area contributed by atoms with Crippen LogP contribution in [0.5, 0.6) is 0 Å². The molecule has 3 aromatic heterocycles. The van der Waals surface area contributed by atoms with Gasteiger partial charge in [-0.3, -0.25) is 0 Å². The molecule has 0 aliphatic carbocycles. The third kappa shape index (κ3) is 3.79. The van der Waals surface area contributed by atoms with Crippen molar-refractivity contribution in [2.75, 3.05) is 0 Å².